The van der Waals surface area contributed by atoms with E-state index >= 15 is 0 Å². The number of piperidine rings is 1. The Balaban J connectivity index is 1.77. The lowest BCUT2D eigenvalue weighted by atomic mass is 9.95. The predicted molar refractivity (Wildman–Crippen MR) is 77.5 cm³/mol. The van der Waals surface area contributed by atoms with Crippen molar-refractivity contribution in [2.45, 2.75) is 25.3 Å². The first-order valence-corrected chi connectivity index (χ1v) is 7.64. The zero-order valence-electron chi connectivity index (χ0n) is 12.1. The molecule has 2 aliphatic heterocycles. The molecule has 0 aromatic heterocycles. The summed E-state index contributed by atoms with van der Waals surface area (Å²) < 4.78 is 18.4. The number of nitrogens with zero attached hydrogens (tertiary/aromatic N) is 2. The molecule has 0 bridgehead atoms. The van der Waals surface area contributed by atoms with Gasteiger partial charge in [0.15, 0.2) is 0 Å². The minimum absolute atomic E-state index is 0.0645. The second kappa shape index (κ2) is 6.43. The van der Waals surface area contributed by atoms with Crippen molar-refractivity contribution in [3.8, 4) is 0 Å². The number of halogens is 1. The van der Waals surface area contributed by atoms with Crippen LogP contribution < -0.4 is 0 Å². The largest absolute Gasteiger partial charge is 0.378 e. The molecule has 5 heteroatoms. The fraction of sp³-hybridized carbons (Fsp3) is 0.562. The lowest BCUT2D eigenvalue weighted by Crippen LogP contribution is -2.50. The molecule has 3 rings (SSSR count). The highest BCUT2D eigenvalue weighted by Gasteiger charge is 2.31. The Hall–Kier alpha value is -1.62. The highest BCUT2D eigenvalue weighted by atomic mass is 19.1. The van der Waals surface area contributed by atoms with Gasteiger partial charge in [-0.2, -0.15) is 0 Å². The van der Waals surface area contributed by atoms with Gasteiger partial charge in [-0.05, 0) is 37.0 Å². The average molecular weight is 292 g/mol. The quantitative estimate of drug-likeness (QED) is 0.797. The standard InChI is InChI=1S/C16H21FN2O2/c17-14-6-4-13(5-7-14)15-3-1-2-8-19(15)16(20)18-9-11-21-12-10-18/h4-7,15H,1-3,8-12H2/t15-/m0/s1. The summed E-state index contributed by atoms with van der Waals surface area (Å²) in [5.41, 5.74) is 1.03. The van der Waals surface area contributed by atoms with E-state index in [1.54, 1.807) is 12.1 Å². The van der Waals surface area contributed by atoms with Gasteiger partial charge >= 0.3 is 6.03 Å². The van der Waals surface area contributed by atoms with Gasteiger partial charge in [0, 0.05) is 19.6 Å². The maximum atomic E-state index is 13.1. The van der Waals surface area contributed by atoms with E-state index in [1.165, 1.54) is 12.1 Å². The van der Waals surface area contributed by atoms with E-state index in [2.05, 4.69) is 0 Å². The molecule has 2 aliphatic rings. The van der Waals surface area contributed by atoms with Crippen molar-refractivity contribution in [1.29, 1.82) is 0 Å². The molecule has 2 heterocycles. The van der Waals surface area contributed by atoms with Gasteiger partial charge in [-0.15, -0.1) is 0 Å². The SMILES string of the molecule is O=C(N1CCOCC1)N1CCCC[C@H]1c1ccc(F)cc1. The highest BCUT2D eigenvalue weighted by molar-refractivity contribution is 5.75. The number of carbonyl (C=O) groups excluding carboxylic acids is 1. The maximum absolute atomic E-state index is 13.1. The number of amides is 2. The average Bonchev–Trinajstić information content (AvgIpc) is 2.56. The van der Waals surface area contributed by atoms with E-state index in [-0.39, 0.29) is 17.9 Å². The molecule has 1 aromatic carbocycles. The van der Waals surface area contributed by atoms with E-state index in [1.807, 2.05) is 9.80 Å². The number of hydrogen-bond donors (Lipinski definition) is 0. The number of carbonyl (C=O) groups is 1. The third kappa shape index (κ3) is 3.18. The Labute approximate surface area is 124 Å². The van der Waals surface area contributed by atoms with Crippen LogP contribution in [0.5, 0.6) is 0 Å². The molecule has 0 aliphatic carbocycles. The van der Waals surface area contributed by atoms with Crippen LogP contribution in [0.3, 0.4) is 0 Å². The van der Waals surface area contributed by atoms with E-state index in [0.717, 1.165) is 31.4 Å². The minimum Gasteiger partial charge on any atom is -0.378 e. The molecule has 1 aromatic rings. The molecule has 0 radical (unpaired) electrons. The number of urea groups is 1. The summed E-state index contributed by atoms with van der Waals surface area (Å²) in [6.07, 6.45) is 3.09. The topological polar surface area (TPSA) is 32.8 Å². The van der Waals surface area contributed by atoms with Gasteiger partial charge in [0.25, 0.3) is 0 Å². The van der Waals surface area contributed by atoms with Crippen molar-refractivity contribution in [2.24, 2.45) is 0 Å². The molecule has 2 saturated heterocycles. The molecule has 0 N–H and O–H groups in total. The fourth-order valence-corrected chi connectivity index (χ4v) is 3.13. The third-order valence-corrected chi connectivity index (χ3v) is 4.28. The van der Waals surface area contributed by atoms with Crippen LogP contribution in [0.15, 0.2) is 24.3 Å². The third-order valence-electron chi connectivity index (χ3n) is 4.28. The number of benzene rings is 1. The van der Waals surface area contributed by atoms with Crippen molar-refractivity contribution >= 4 is 6.03 Å². The second-order valence-electron chi connectivity index (χ2n) is 5.64. The number of likely N-dealkylation sites (tertiary alicyclic amines) is 1. The summed E-state index contributed by atoms with van der Waals surface area (Å²) in [7, 11) is 0. The van der Waals surface area contributed by atoms with Crippen LogP contribution in [0, 0.1) is 5.82 Å². The van der Waals surface area contributed by atoms with Gasteiger partial charge in [0.2, 0.25) is 0 Å². The summed E-state index contributed by atoms with van der Waals surface area (Å²) in [5, 5.41) is 0. The molecule has 0 unspecified atom stereocenters. The Morgan fingerprint density at radius 2 is 1.81 bits per heavy atom. The van der Waals surface area contributed by atoms with Gasteiger partial charge in [0.1, 0.15) is 5.82 Å². The molecule has 21 heavy (non-hydrogen) atoms. The van der Waals surface area contributed by atoms with Crippen LogP contribution in [0.2, 0.25) is 0 Å². The summed E-state index contributed by atoms with van der Waals surface area (Å²) in [5.74, 6) is -0.236. The van der Waals surface area contributed by atoms with E-state index < -0.39 is 0 Å². The molecule has 2 fully saturated rings. The molecular formula is C16H21FN2O2. The molecule has 4 nitrogen and oxygen atoms in total. The molecule has 114 valence electrons. The number of morpholine rings is 1. The smallest absolute Gasteiger partial charge is 0.320 e. The van der Waals surface area contributed by atoms with Gasteiger partial charge in [-0.3, -0.25) is 0 Å². The zero-order chi connectivity index (χ0) is 14.7. The second-order valence-corrected chi connectivity index (χ2v) is 5.64. The van der Waals surface area contributed by atoms with Crippen molar-refractivity contribution < 1.29 is 13.9 Å². The molecule has 0 saturated carbocycles. The lowest BCUT2D eigenvalue weighted by molar-refractivity contribution is 0.0355. The fourth-order valence-electron chi connectivity index (χ4n) is 3.13. The van der Waals surface area contributed by atoms with Crippen LogP contribution in [0.1, 0.15) is 30.9 Å². The van der Waals surface area contributed by atoms with Crippen LogP contribution in [-0.2, 0) is 4.74 Å². The first-order valence-electron chi connectivity index (χ1n) is 7.64. The van der Waals surface area contributed by atoms with E-state index in [0.29, 0.717) is 26.3 Å². The minimum atomic E-state index is -0.236. The van der Waals surface area contributed by atoms with Crippen LogP contribution in [-0.4, -0.2) is 48.7 Å². The predicted octanol–water partition coefficient (Wildman–Crippen LogP) is 2.80. The van der Waals surface area contributed by atoms with Crippen LogP contribution in [0.4, 0.5) is 9.18 Å². The normalized spacial score (nSPS) is 23.2. The van der Waals surface area contributed by atoms with Crippen LogP contribution >= 0.6 is 0 Å². The number of ether oxygens (including phenoxy) is 1. The monoisotopic (exact) mass is 292 g/mol. The lowest BCUT2D eigenvalue weighted by Gasteiger charge is -2.40. The number of hydrogen-bond acceptors (Lipinski definition) is 2. The summed E-state index contributed by atoms with van der Waals surface area (Å²) in [4.78, 5) is 16.5. The number of rotatable bonds is 1. The summed E-state index contributed by atoms with van der Waals surface area (Å²) >= 11 is 0. The van der Waals surface area contributed by atoms with Crippen LogP contribution in [0.25, 0.3) is 0 Å². The van der Waals surface area contributed by atoms with E-state index in [4.69, 9.17) is 4.74 Å². The van der Waals surface area contributed by atoms with Crippen molar-refractivity contribution in [1.82, 2.24) is 9.80 Å². The first kappa shape index (κ1) is 14.3. The van der Waals surface area contributed by atoms with E-state index in [9.17, 15) is 9.18 Å². The Kier molecular flexibility index (Phi) is 4.39. The van der Waals surface area contributed by atoms with Crippen molar-refractivity contribution in [3.05, 3.63) is 35.6 Å². The molecule has 0 spiro atoms. The summed E-state index contributed by atoms with van der Waals surface area (Å²) in [6.45, 7) is 3.32. The summed E-state index contributed by atoms with van der Waals surface area (Å²) in [6, 6.07) is 6.69. The Bertz CT molecular complexity index is 486. The highest BCUT2D eigenvalue weighted by Crippen LogP contribution is 2.31. The maximum Gasteiger partial charge on any atom is 0.320 e. The Morgan fingerprint density at radius 1 is 1.10 bits per heavy atom. The first-order chi connectivity index (χ1) is 10.3. The molecule has 2 amide bonds. The van der Waals surface area contributed by atoms with Gasteiger partial charge in [0.05, 0.1) is 19.3 Å². The zero-order valence-corrected chi connectivity index (χ0v) is 12.1. The van der Waals surface area contributed by atoms with Crippen molar-refractivity contribution in [3.63, 3.8) is 0 Å². The van der Waals surface area contributed by atoms with Gasteiger partial charge < -0.3 is 14.5 Å². The molecular weight excluding hydrogens is 271 g/mol. The van der Waals surface area contributed by atoms with Crippen molar-refractivity contribution in [2.75, 3.05) is 32.8 Å². The molecule has 1 atom stereocenters. The van der Waals surface area contributed by atoms with Gasteiger partial charge in [-0.1, -0.05) is 12.1 Å². The van der Waals surface area contributed by atoms with Gasteiger partial charge in [-0.25, -0.2) is 9.18 Å². The Morgan fingerprint density at radius 3 is 2.52 bits per heavy atom.